The number of nitrogens with zero attached hydrogens (tertiary/aromatic N) is 1. The monoisotopic (exact) mass is 220 g/mol. The lowest BCUT2D eigenvalue weighted by atomic mass is 9.82. The lowest BCUT2D eigenvalue weighted by molar-refractivity contribution is -0.384. The summed E-state index contributed by atoms with van der Waals surface area (Å²) in [6, 6.07) is 7.37. The Hall–Kier alpha value is -1.42. The van der Waals surface area contributed by atoms with E-state index in [-0.39, 0.29) is 10.6 Å². The summed E-state index contributed by atoms with van der Waals surface area (Å²) in [5.74, 6) is 0.842. The molecule has 0 amide bonds. The van der Waals surface area contributed by atoms with Crippen LogP contribution in [0.5, 0.6) is 0 Å². The summed E-state index contributed by atoms with van der Waals surface area (Å²) in [4.78, 5) is 10.1. The smallest absolute Gasteiger partial charge is 0.269 e. The Morgan fingerprint density at radius 1 is 1.38 bits per heavy atom. The van der Waals surface area contributed by atoms with E-state index in [1.807, 2.05) is 12.1 Å². The van der Waals surface area contributed by atoms with E-state index in [2.05, 4.69) is 12.2 Å². The van der Waals surface area contributed by atoms with Crippen LogP contribution in [0.2, 0.25) is 0 Å². The van der Waals surface area contributed by atoms with Crippen molar-refractivity contribution >= 4 is 5.69 Å². The van der Waals surface area contributed by atoms with Gasteiger partial charge in [0.25, 0.3) is 5.69 Å². The fourth-order valence-electron chi connectivity index (χ4n) is 2.07. The molecule has 1 aromatic carbocycles. The van der Waals surface area contributed by atoms with Crippen LogP contribution in [0.4, 0.5) is 5.69 Å². The molecule has 0 radical (unpaired) electrons. The second-order valence-corrected chi connectivity index (χ2v) is 4.58. The molecule has 2 rings (SSSR count). The van der Waals surface area contributed by atoms with Crippen LogP contribution in [0, 0.1) is 16.0 Å². The third-order valence-corrected chi connectivity index (χ3v) is 3.12. The SMILES string of the molecule is CC1CC(NCc2ccc([N+](=O)[O-])cc2)C1. The van der Waals surface area contributed by atoms with Gasteiger partial charge in [0.1, 0.15) is 0 Å². The van der Waals surface area contributed by atoms with Gasteiger partial charge in [-0.3, -0.25) is 10.1 Å². The van der Waals surface area contributed by atoms with E-state index < -0.39 is 0 Å². The van der Waals surface area contributed by atoms with Gasteiger partial charge in [0.05, 0.1) is 4.92 Å². The first-order valence-electron chi connectivity index (χ1n) is 5.62. The van der Waals surface area contributed by atoms with Gasteiger partial charge in [-0.2, -0.15) is 0 Å². The quantitative estimate of drug-likeness (QED) is 0.626. The van der Waals surface area contributed by atoms with E-state index in [4.69, 9.17) is 0 Å². The molecule has 1 aliphatic carbocycles. The van der Waals surface area contributed by atoms with Gasteiger partial charge in [-0.05, 0) is 24.3 Å². The molecule has 86 valence electrons. The van der Waals surface area contributed by atoms with Crippen LogP contribution in [0.25, 0.3) is 0 Å². The van der Waals surface area contributed by atoms with Crippen molar-refractivity contribution in [3.8, 4) is 0 Å². The van der Waals surface area contributed by atoms with E-state index in [9.17, 15) is 10.1 Å². The van der Waals surface area contributed by atoms with Crippen LogP contribution in [0.3, 0.4) is 0 Å². The highest BCUT2D eigenvalue weighted by atomic mass is 16.6. The molecule has 1 aromatic rings. The minimum Gasteiger partial charge on any atom is -0.310 e. The van der Waals surface area contributed by atoms with E-state index in [1.54, 1.807) is 12.1 Å². The summed E-state index contributed by atoms with van der Waals surface area (Å²) < 4.78 is 0. The Balaban J connectivity index is 1.83. The largest absolute Gasteiger partial charge is 0.310 e. The Labute approximate surface area is 94.8 Å². The molecule has 1 aliphatic rings. The zero-order valence-electron chi connectivity index (χ0n) is 9.35. The van der Waals surface area contributed by atoms with Gasteiger partial charge in [-0.15, -0.1) is 0 Å². The van der Waals surface area contributed by atoms with Gasteiger partial charge in [0, 0.05) is 24.7 Å². The van der Waals surface area contributed by atoms with Crippen molar-refractivity contribution in [1.29, 1.82) is 0 Å². The predicted molar refractivity (Wildman–Crippen MR) is 62.1 cm³/mol. The van der Waals surface area contributed by atoms with E-state index in [0.717, 1.165) is 18.0 Å². The number of benzene rings is 1. The van der Waals surface area contributed by atoms with Crippen LogP contribution in [0.15, 0.2) is 24.3 Å². The van der Waals surface area contributed by atoms with Crippen molar-refractivity contribution in [2.75, 3.05) is 0 Å². The highest BCUT2D eigenvalue weighted by Gasteiger charge is 2.24. The van der Waals surface area contributed by atoms with E-state index >= 15 is 0 Å². The highest BCUT2D eigenvalue weighted by Crippen LogP contribution is 2.26. The lowest BCUT2D eigenvalue weighted by Crippen LogP contribution is -2.39. The fourth-order valence-corrected chi connectivity index (χ4v) is 2.07. The van der Waals surface area contributed by atoms with Crippen molar-refractivity contribution in [1.82, 2.24) is 5.32 Å². The second-order valence-electron chi connectivity index (χ2n) is 4.58. The summed E-state index contributed by atoms with van der Waals surface area (Å²) in [7, 11) is 0. The standard InChI is InChI=1S/C12H16N2O2/c1-9-6-11(7-9)13-8-10-2-4-12(5-3-10)14(15)16/h2-5,9,11,13H,6-8H2,1H3. The number of nitro benzene ring substituents is 1. The van der Waals surface area contributed by atoms with Crippen LogP contribution in [-0.2, 0) is 6.54 Å². The Kier molecular flexibility index (Phi) is 3.19. The molecule has 4 nitrogen and oxygen atoms in total. The van der Waals surface area contributed by atoms with Crippen LogP contribution in [0.1, 0.15) is 25.3 Å². The van der Waals surface area contributed by atoms with Crippen LogP contribution < -0.4 is 5.32 Å². The molecule has 0 atom stereocenters. The summed E-state index contributed by atoms with van der Waals surface area (Å²) in [6.45, 7) is 3.05. The molecule has 16 heavy (non-hydrogen) atoms. The number of hydrogen-bond acceptors (Lipinski definition) is 3. The van der Waals surface area contributed by atoms with Crippen molar-refractivity contribution in [2.24, 2.45) is 5.92 Å². The molecule has 1 fully saturated rings. The topological polar surface area (TPSA) is 55.2 Å². The number of nitro groups is 1. The van der Waals surface area contributed by atoms with Gasteiger partial charge in [-0.25, -0.2) is 0 Å². The summed E-state index contributed by atoms with van der Waals surface area (Å²) in [6.07, 6.45) is 2.49. The second kappa shape index (κ2) is 4.61. The number of non-ortho nitro benzene ring substituents is 1. The zero-order valence-corrected chi connectivity index (χ0v) is 9.35. The van der Waals surface area contributed by atoms with Gasteiger partial charge in [0.2, 0.25) is 0 Å². The molecule has 1 N–H and O–H groups in total. The Bertz CT molecular complexity index is 369. The minimum atomic E-state index is -0.370. The van der Waals surface area contributed by atoms with Crippen molar-refractivity contribution in [3.63, 3.8) is 0 Å². The third-order valence-electron chi connectivity index (χ3n) is 3.12. The molecular weight excluding hydrogens is 204 g/mol. The van der Waals surface area contributed by atoms with Gasteiger partial charge in [0.15, 0.2) is 0 Å². The fraction of sp³-hybridized carbons (Fsp3) is 0.500. The van der Waals surface area contributed by atoms with Crippen LogP contribution >= 0.6 is 0 Å². The molecule has 0 saturated heterocycles. The lowest BCUT2D eigenvalue weighted by Gasteiger charge is -2.33. The molecular formula is C12H16N2O2. The molecule has 0 spiro atoms. The zero-order chi connectivity index (χ0) is 11.5. The van der Waals surface area contributed by atoms with Crippen LogP contribution in [-0.4, -0.2) is 11.0 Å². The third kappa shape index (κ3) is 2.58. The summed E-state index contributed by atoms with van der Waals surface area (Å²) >= 11 is 0. The average Bonchev–Trinajstić information content (AvgIpc) is 2.23. The first-order chi connectivity index (χ1) is 7.65. The maximum Gasteiger partial charge on any atom is 0.269 e. The summed E-state index contributed by atoms with van der Waals surface area (Å²) in [5, 5.41) is 13.9. The molecule has 0 aliphatic heterocycles. The molecule has 1 saturated carbocycles. The van der Waals surface area contributed by atoms with Crippen molar-refractivity contribution in [3.05, 3.63) is 39.9 Å². The maximum atomic E-state index is 10.5. The highest BCUT2D eigenvalue weighted by molar-refractivity contribution is 5.32. The molecule has 0 heterocycles. The molecule has 0 unspecified atom stereocenters. The Morgan fingerprint density at radius 3 is 2.50 bits per heavy atom. The number of rotatable bonds is 4. The van der Waals surface area contributed by atoms with Gasteiger partial charge in [-0.1, -0.05) is 19.1 Å². The Morgan fingerprint density at radius 2 is 2.00 bits per heavy atom. The number of hydrogen-bond donors (Lipinski definition) is 1. The van der Waals surface area contributed by atoms with Gasteiger partial charge >= 0.3 is 0 Å². The van der Waals surface area contributed by atoms with Gasteiger partial charge < -0.3 is 5.32 Å². The first-order valence-corrected chi connectivity index (χ1v) is 5.62. The molecule has 0 aromatic heterocycles. The maximum absolute atomic E-state index is 10.5. The van der Waals surface area contributed by atoms with Crippen molar-refractivity contribution < 1.29 is 4.92 Å². The van der Waals surface area contributed by atoms with E-state index in [0.29, 0.717) is 6.04 Å². The summed E-state index contributed by atoms with van der Waals surface area (Å²) in [5.41, 5.74) is 1.26. The first kappa shape index (κ1) is 11.1. The minimum absolute atomic E-state index is 0.154. The molecule has 0 bridgehead atoms. The normalized spacial score (nSPS) is 23.8. The van der Waals surface area contributed by atoms with Crippen molar-refractivity contribution in [2.45, 2.75) is 32.4 Å². The predicted octanol–water partition coefficient (Wildman–Crippen LogP) is 2.48. The van der Waals surface area contributed by atoms with E-state index in [1.165, 1.54) is 12.8 Å². The molecule has 4 heteroatoms. The number of nitrogens with one attached hydrogen (secondary N) is 1. The average molecular weight is 220 g/mol.